The van der Waals surface area contributed by atoms with Crippen molar-refractivity contribution in [3.05, 3.63) is 36.7 Å². The summed E-state index contributed by atoms with van der Waals surface area (Å²) < 4.78 is 2.08. The molecule has 0 atom stereocenters. The average molecular weight is 302 g/mol. The highest BCUT2D eigenvalue weighted by molar-refractivity contribution is 7.99. The maximum atomic E-state index is 12.4. The van der Waals surface area contributed by atoms with Crippen molar-refractivity contribution in [2.24, 2.45) is 0 Å². The minimum absolute atomic E-state index is 0.0963. The molecule has 5 nitrogen and oxygen atoms in total. The van der Waals surface area contributed by atoms with Gasteiger partial charge < -0.3 is 9.47 Å². The number of nitrogens with zero attached hydrogens (tertiary/aromatic N) is 4. The van der Waals surface area contributed by atoms with Crippen LogP contribution >= 0.6 is 11.8 Å². The number of hydrogen-bond donors (Lipinski definition) is 0. The average Bonchev–Trinajstić information content (AvgIpc) is 3.25. The van der Waals surface area contributed by atoms with Crippen LogP contribution in [0.1, 0.15) is 25.8 Å². The lowest BCUT2D eigenvalue weighted by Crippen LogP contribution is -2.32. The Bertz CT molecular complexity index is 609. The zero-order chi connectivity index (χ0) is 14.7. The Morgan fingerprint density at radius 3 is 2.81 bits per heavy atom. The molecular weight excluding hydrogens is 284 g/mol. The number of carbonyl (C=O) groups excluding carboxylic acids is 1. The Morgan fingerprint density at radius 1 is 1.38 bits per heavy atom. The molecule has 6 heteroatoms. The van der Waals surface area contributed by atoms with Crippen molar-refractivity contribution >= 4 is 23.4 Å². The number of aromatic nitrogens is 3. The number of amides is 1. The molecule has 1 aromatic carbocycles. The van der Waals surface area contributed by atoms with E-state index < -0.39 is 0 Å². The number of para-hydroxylation sites is 1. The van der Waals surface area contributed by atoms with Crippen molar-refractivity contribution in [3.63, 3.8) is 0 Å². The molecule has 110 valence electrons. The van der Waals surface area contributed by atoms with Gasteiger partial charge in [-0.05, 0) is 31.9 Å². The third kappa shape index (κ3) is 3.26. The van der Waals surface area contributed by atoms with Gasteiger partial charge in [-0.15, -0.1) is 10.2 Å². The molecule has 1 aliphatic rings. The molecule has 3 rings (SSSR count). The van der Waals surface area contributed by atoms with Gasteiger partial charge in [-0.2, -0.15) is 0 Å². The summed E-state index contributed by atoms with van der Waals surface area (Å²) in [7, 11) is 0. The smallest absolute Gasteiger partial charge is 0.237 e. The van der Waals surface area contributed by atoms with Crippen LogP contribution in [-0.2, 0) is 4.79 Å². The molecule has 0 unspecified atom stereocenters. The van der Waals surface area contributed by atoms with Gasteiger partial charge >= 0.3 is 0 Å². The minimum atomic E-state index is 0.0963. The summed E-state index contributed by atoms with van der Waals surface area (Å²) in [5, 5.41) is 8.91. The van der Waals surface area contributed by atoms with E-state index in [2.05, 4.69) is 14.8 Å². The number of thioether (sulfide) groups is 1. The first-order chi connectivity index (χ1) is 10.3. The molecule has 0 aliphatic heterocycles. The molecule has 1 fully saturated rings. The summed E-state index contributed by atoms with van der Waals surface area (Å²) in [4.78, 5) is 14.2. The van der Waals surface area contributed by atoms with Crippen LogP contribution < -0.4 is 4.90 Å². The highest BCUT2D eigenvalue weighted by Crippen LogP contribution is 2.37. The number of rotatable bonds is 6. The summed E-state index contributed by atoms with van der Waals surface area (Å²) >= 11 is 1.47. The largest absolute Gasteiger partial charge is 0.312 e. The third-order valence-corrected chi connectivity index (χ3v) is 4.43. The second-order valence-electron chi connectivity index (χ2n) is 5.01. The van der Waals surface area contributed by atoms with Crippen molar-refractivity contribution in [3.8, 4) is 0 Å². The van der Waals surface area contributed by atoms with Crippen LogP contribution in [-0.4, -0.2) is 33.0 Å². The van der Waals surface area contributed by atoms with Crippen molar-refractivity contribution < 1.29 is 4.79 Å². The van der Waals surface area contributed by atoms with E-state index in [0.717, 1.165) is 10.8 Å². The van der Waals surface area contributed by atoms with Gasteiger partial charge in [0.2, 0.25) is 5.91 Å². The predicted molar refractivity (Wildman–Crippen MR) is 83.5 cm³/mol. The summed E-state index contributed by atoms with van der Waals surface area (Å²) in [6.07, 6.45) is 4.13. The van der Waals surface area contributed by atoms with Gasteiger partial charge in [-0.25, -0.2) is 0 Å². The van der Waals surface area contributed by atoms with Gasteiger partial charge in [-0.3, -0.25) is 4.79 Å². The molecule has 2 aromatic rings. The fourth-order valence-corrected chi connectivity index (χ4v) is 3.11. The Morgan fingerprint density at radius 2 is 2.14 bits per heavy atom. The molecule has 0 bridgehead atoms. The second kappa shape index (κ2) is 6.30. The standard InChI is InChI=1S/C15H18N4OS/c1-2-18(12-6-4-3-5-7-12)14(20)10-21-15-17-16-11-19(15)13-8-9-13/h3-7,11,13H,2,8-10H2,1H3. The lowest BCUT2D eigenvalue weighted by molar-refractivity contribution is -0.116. The van der Waals surface area contributed by atoms with Crippen LogP contribution in [0.5, 0.6) is 0 Å². The molecule has 0 saturated heterocycles. The quantitative estimate of drug-likeness (QED) is 0.770. The Kier molecular flexibility index (Phi) is 4.24. The van der Waals surface area contributed by atoms with E-state index in [0.29, 0.717) is 18.3 Å². The Balaban J connectivity index is 1.64. The number of hydrogen-bond acceptors (Lipinski definition) is 4. The molecular formula is C15H18N4OS. The van der Waals surface area contributed by atoms with Crippen LogP contribution in [0.2, 0.25) is 0 Å². The normalized spacial score (nSPS) is 14.1. The lowest BCUT2D eigenvalue weighted by Gasteiger charge is -2.20. The van der Waals surface area contributed by atoms with Crippen molar-refractivity contribution in [2.45, 2.75) is 31.0 Å². The molecule has 0 N–H and O–H groups in total. The summed E-state index contributed by atoms with van der Waals surface area (Å²) in [6.45, 7) is 2.65. The molecule has 1 saturated carbocycles. The summed E-state index contributed by atoms with van der Waals surface area (Å²) in [6, 6.07) is 10.3. The monoisotopic (exact) mass is 302 g/mol. The van der Waals surface area contributed by atoms with Crippen LogP contribution in [0, 0.1) is 0 Å². The highest BCUT2D eigenvalue weighted by Gasteiger charge is 2.26. The summed E-state index contributed by atoms with van der Waals surface area (Å²) in [5.41, 5.74) is 0.939. The highest BCUT2D eigenvalue weighted by atomic mass is 32.2. The van der Waals surface area contributed by atoms with E-state index in [1.165, 1.54) is 24.6 Å². The van der Waals surface area contributed by atoms with Crippen LogP contribution in [0.3, 0.4) is 0 Å². The topological polar surface area (TPSA) is 51.0 Å². The predicted octanol–water partition coefficient (Wildman–Crippen LogP) is 2.76. The van der Waals surface area contributed by atoms with Crippen LogP contribution in [0.25, 0.3) is 0 Å². The van der Waals surface area contributed by atoms with E-state index >= 15 is 0 Å². The van der Waals surface area contributed by atoms with Gasteiger partial charge in [-0.1, -0.05) is 30.0 Å². The van der Waals surface area contributed by atoms with Crippen molar-refractivity contribution in [1.29, 1.82) is 0 Å². The fraction of sp³-hybridized carbons (Fsp3) is 0.400. The first-order valence-corrected chi connectivity index (χ1v) is 8.16. The van der Waals surface area contributed by atoms with Gasteiger partial charge in [0.25, 0.3) is 0 Å². The molecule has 1 amide bonds. The van der Waals surface area contributed by atoms with Gasteiger partial charge in [0, 0.05) is 18.3 Å². The van der Waals surface area contributed by atoms with Gasteiger partial charge in [0.15, 0.2) is 5.16 Å². The molecule has 1 aliphatic carbocycles. The maximum absolute atomic E-state index is 12.4. The molecule has 0 radical (unpaired) electrons. The molecule has 21 heavy (non-hydrogen) atoms. The molecule has 1 aromatic heterocycles. The van der Waals surface area contributed by atoms with Gasteiger partial charge in [0.05, 0.1) is 5.75 Å². The van der Waals surface area contributed by atoms with Crippen molar-refractivity contribution in [2.75, 3.05) is 17.2 Å². The van der Waals surface area contributed by atoms with E-state index in [-0.39, 0.29) is 5.91 Å². The second-order valence-corrected chi connectivity index (χ2v) is 5.96. The fourth-order valence-electron chi connectivity index (χ4n) is 2.25. The van der Waals surface area contributed by atoms with Crippen LogP contribution in [0.15, 0.2) is 41.8 Å². The van der Waals surface area contributed by atoms with Crippen molar-refractivity contribution in [1.82, 2.24) is 14.8 Å². The minimum Gasteiger partial charge on any atom is -0.312 e. The zero-order valence-corrected chi connectivity index (χ0v) is 12.8. The van der Waals surface area contributed by atoms with E-state index in [1.807, 2.05) is 37.3 Å². The van der Waals surface area contributed by atoms with Gasteiger partial charge in [0.1, 0.15) is 6.33 Å². The van der Waals surface area contributed by atoms with E-state index in [9.17, 15) is 4.79 Å². The first kappa shape index (κ1) is 14.1. The summed E-state index contributed by atoms with van der Waals surface area (Å²) in [5.74, 6) is 0.479. The van der Waals surface area contributed by atoms with E-state index in [4.69, 9.17) is 0 Å². The van der Waals surface area contributed by atoms with E-state index in [1.54, 1.807) is 11.2 Å². The van der Waals surface area contributed by atoms with Crippen LogP contribution in [0.4, 0.5) is 5.69 Å². The Labute approximate surface area is 128 Å². The third-order valence-electron chi connectivity index (χ3n) is 3.49. The number of anilines is 1. The lowest BCUT2D eigenvalue weighted by atomic mass is 10.3. The Hall–Kier alpha value is -1.82. The number of benzene rings is 1. The molecule has 1 heterocycles. The zero-order valence-electron chi connectivity index (χ0n) is 12.0. The number of carbonyl (C=O) groups is 1. The maximum Gasteiger partial charge on any atom is 0.237 e. The molecule has 0 spiro atoms. The SMILES string of the molecule is CCN(C(=O)CSc1nncn1C1CC1)c1ccccc1. The first-order valence-electron chi connectivity index (χ1n) is 7.17.